The van der Waals surface area contributed by atoms with Gasteiger partial charge in [0.2, 0.25) is 5.91 Å². The first kappa shape index (κ1) is 16.1. The Balaban J connectivity index is 1.46. The molecule has 5 nitrogen and oxygen atoms in total. The van der Waals surface area contributed by atoms with Crippen molar-refractivity contribution in [3.63, 3.8) is 0 Å². The second-order valence-electron chi connectivity index (χ2n) is 6.03. The topological polar surface area (TPSA) is 70.7 Å². The molecule has 4 rings (SSSR count). The van der Waals surface area contributed by atoms with Gasteiger partial charge in [0.05, 0.1) is 15.7 Å². The van der Waals surface area contributed by atoms with Crippen LogP contribution in [-0.2, 0) is 17.6 Å². The van der Waals surface area contributed by atoms with Crippen molar-refractivity contribution in [2.75, 3.05) is 5.32 Å². The number of benzene rings is 1. The van der Waals surface area contributed by atoms with Crippen LogP contribution in [0, 0.1) is 5.92 Å². The summed E-state index contributed by atoms with van der Waals surface area (Å²) in [6.07, 6.45) is 4.72. The zero-order valence-electron chi connectivity index (χ0n) is 13.1. The van der Waals surface area contributed by atoms with Crippen molar-refractivity contribution in [2.24, 2.45) is 5.92 Å². The van der Waals surface area contributed by atoms with Gasteiger partial charge in [0.1, 0.15) is 0 Å². The minimum absolute atomic E-state index is 0.0591. The van der Waals surface area contributed by atoms with Crippen molar-refractivity contribution in [3.05, 3.63) is 63.9 Å². The van der Waals surface area contributed by atoms with Crippen LogP contribution in [0.25, 0.3) is 11.3 Å². The quantitative estimate of drug-likeness (QED) is 0.725. The molecule has 1 aromatic carbocycles. The fraction of sp³-hybridized carbons (Fsp3) is 0.167. The number of halogens is 2. The van der Waals surface area contributed by atoms with Crippen molar-refractivity contribution in [1.29, 1.82) is 0 Å². The minimum Gasteiger partial charge on any atom is -0.309 e. The zero-order chi connectivity index (χ0) is 17.4. The lowest BCUT2D eigenvalue weighted by Gasteiger charge is -2.07. The van der Waals surface area contributed by atoms with Crippen molar-refractivity contribution < 1.29 is 4.79 Å². The highest BCUT2D eigenvalue weighted by Gasteiger charge is 2.28. The molecule has 0 radical (unpaired) electrons. The molecular weight excluding hydrogens is 359 g/mol. The van der Waals surface area contributed by atoms with Crippen LogP contribution < -0.4 is 5.32 Å². The van der Waals surface area contributed by atoms with Crippen LogP contribution in [0.2, 0.25) is 10.0 Å². The Morgan fingerprint density at radius 1 is 1.08 bits per heavy atom. The lowest BCUT2D eigenvalue weighted by molar-refractivity contribution is -0.119. The van der Waals surface area contributed by atoms with Crippen LogP contribution in [0.5, 0.6) is 0 Å². The number of anilines is 1. The van der Waals surface area contributed by atoms with Gasteiger partial charge < -0.3 is 5.32 Å². The molecule has 0 atom stereocenters. The van der Waals surface area contributed by atoms with Crippen LogP contribution in [0.1, 0.15) is 11.1 Å². The highest BCUT2D eigenvalue weighted by molar-refractivity contribution is 6.42. The van der Waals surface area contributed by atoms with E-state index >= 15 is 0 Å². The van der Waals surface area contributed by atoms with E-state index in [0.717, 1.165) is 22.4 Å². The zero-order valence-corrected chi connectivity index (χ0v) is 14.6. The second-order valence-corrected chi connectivity index (χ2v) is 6.85. The van der Waals surface area contributed by atoms with Crippen molar-refractivity contribution in [2.45, 2.75) is 12.8 Å². The average Bonchev–Trinajstić information content (AvgIpc) is 3.23. The lowest BCUT2D eigenvalue weighted by Crippen LogP contribution is -2.23. The largest absolute Gasteiger partial charge is 0.309 e. The van der Waals surface area contributed by atoms with E-state index in [1.807, 2.05) is 30.3 Å². The number of rotatable bonds is 3. The fourth-order valence-corrected chi connectivity index (χ4v) is 3.46. The van der Waals surface area contributed by atoms with Crippen LogP contribution in [0.4, 0.5) is 5.82 Å². The van der Waals surface area contributed by atoms with Crippen LogP contribution in [0.3, 0.4) is 0 Å². The summed E-state index contributed by atoms with van der Waals surface area (Å²) in [5.74, 6) is 0.297. The van der Waals surface area contributed by atoms with Crippen molar-refractivity contribution in [1.82, 2.24) is 15.2 Å². The first-order valence-corrected chi connectivity index (χ1v) is 8.59. The summed E-state index contributed by atoms with van der Waals surface area (Å²) in [7, 11) is 0. The van der Waals surface area contributed by atoms with Gasteiger partial charge in [-0.2, -0.15) is 5.10 Å². The van der Waals surface area contributed by atoms with E-state index in [4.69, 9.17) is 23.2 Å². The molecule has 0 saturated carbocycles. The van der Waals surface area contributed by atoms with Gasteiger partial charge in [-0.15, -0.1) is 0 Å². The van der Waals surface area contributed by atoms with Gasteiger partial charge in [0, 0.05) is 29.9 Å². The average molecular weight is 373 g/mol. The van der Waals surface area contributed by atoms with Crippen molar-refractivity contribution in [3.8, 4) is 11.3 Å². The third-order valence-corrected chi connectivity index (χ3v) is 5.09. The van der Waals surface area contributed by atoms with Gasteiger partial charge >= 0.3 is 0 Å². The number of aromatic nitrogens is 3. The summed E-state index contributed by atoms with van der Waals surface area (Å²) in [5.41, 5.74) is 3.94. The van der Waals surface area contributed by atoms with Crippen LogP contribution in [-0.4, -0.2) is 21.1 Å². The number of nitrogens with one attached hydrogen (secondary N) is 2. The maximum atomic E-state index is 12.6. The Kier molecular flexibility index (Phi) is 4.19. The maximum Gasteiger partial charge on any atom is 0.229 e. The molecule has 126 valence electrons. The predicted molar refractivity (Wildman–Crippen MR) is 97.8 cm³/mol. The highest BCUT2D eigenvalue weighted by atomic mass is 35.5. The highest BCUT2D eigenvalue weighted by Crippen LogP contribution is 2.34. The lowest BCUT2D eigenvalue weighted by atomic mass is 10.1. The molecular formula is C18H14Cl2N4O. The summed E-state index contributed by atoms with van der Waals surface area (Å²) < 4.78 is 0. The Morgan fingerprint density at radius 3 is 2.36 bits per heavy atom. The number of amides is 1. The van der Waals surface area contributed by atoms with E-state index in [0.29, 0.717) is 28.7 Å². The molecule has 0 aliphatic heterocycles. The van der Waals surface area contributed by atoms with Crippen LogP contribution in [0.15, 0.2) is 42.7 Å². The minimum atomic E-state index is -0.148. The van der Waals surface area contributed by atoms with E-state index < -0.39 is 0 Å². The Hall–Kier alpha value is -2.37. The van der Waals surface area contributed by atoms with Gasteiger partial charge in [-0.25, -0.2) is 0 Å². The predicted octanol–water partition coefficient (Wildman–Crippen LogP) is 4.13. The van der Waals surface area contributed by atoms with E-state index in [1.165, 1.54) is 0 Å². The smallest absolute Gasteiger partial charge is 0.229 e. The van der Waals surface area contributed by atoms with Gasteiger partial charge in [-0.1, -0.05) is 23.2 Å². The maximum absolute atomic E-state index is 12.6. The number of hydrogen-bond donors (Lipinski definition) is 2. The number of hydrogen-bond acceptors (Lipinski definition) is 3. The van der Waals surface area contributed by atoms with E-state index in [2.05, 4.69) is 20.5 Å². The van der Waals surface area contributed by atoms with Crippen LogP contribution >= 0.6 is 23.2 Å². The normalized spacial score (nSPS) is 13.7. The van der Waals surface area contributed by atoms with Crippen molar-refractivity contribution >= 4 is 34.9 Å². The second kappa shape index (κ2) is 6.50. The van der Waals surface area contributed by atoms with Gasteiger partial charge in [0.15, 0.2) is 5.82 Å². The molecule has 1 amide bonds. The van der Waals surface area contributed by atoms with E-state index in [9.17, 15) is 4.79 Å². The van der Waals surface area contributed by atoms with E-state index in [1.54, 1.807) is 12.4 Å². The molecule has 0 bridgehead atoms. The van der Waals surface area contributed by atoms with Gasteiger partial charge in [0.25, 0.3) is 0 Å². The first-order chi connectivity index (χ1) is 12.1. The molecule has 0 spiro atoms. The number of H-pyrrole nitrogens is 1. The van der Waals surface area contributed by atoms with E-state index in [-0.39, 0.29) is 11.8 Å². The Bertz CT molecular complexity index is 909. The summed E-state index contributed by atoms with van der Waals surface area (Å²) in [6, 6.07) is 9.26. The van der Waals surface area contributed by atoms with Gasteiger partial charge in [-0.05, 0) is 48.2 Å². The SMILES string of the molecule is O=C(Nc1cc(-c2ccncc2)[nH]n1)C1Cc2cc(Cl)c(Cl)cc2C1. The monoisotopic (exact) mass is 372 g/mol. The molecule has 0 fully saturated rings. The number of nitrogens with zero attached hydrogens (tertiary/aromatic N) is 2. The third-order valence-electron chi connectivity index (χ3n) is 4.37. The summed E-state index contributed by atoms with van der Waals surface area (Å²) in [4.78, 5) is 16.5. The molecule has 3 aromatic rings. The molecule has 1 aliphatic rings. The molecule has 2 heterocycles. The fourth-order valence-electron chi connectivity index (χ4n) is 3.09. The number of carbonyl (C=O) groups is 1. The molecule has 2 N–H and O–H groups in total. The molecule has 7 heteroatoms. The number of aromatic amines is 1. The molecule has 0 unspecified atom stereocenters. The number of fused-ring (bicyclic) bond motifs is 1. The first-order valence-electron chi connectivity index (χ1n) is 7.83. The molecule has 25 heavy (non-hydrogen) atoms. The Morgan fingerprint density at radius 2 is 1.72 bits per heavy atom. The number of carbonyl (C=O) groups excluding carboxylic acids is 1. The third kappa shape index (κ3) is 3.25. The summed E-state index contributed by atoms with van der Waals surface area (Å²) >= 11 is 12.1. The standard InChI is InChI=1S/C18H14Cl2N4O/c19-14-7-11-5-13(6-12(11)8-15(14)20)18(25)22-17-9-16(23-24-17)10-1-3-21-4-2-10/h1-4,7-9,13H,5-6H2,(H2,22,23,24,25). The Labute approximate surface area is 154 Å². The summed E-state index contributed by atoms with van der Waals surface area (Å²) in [6.45, 7) is 0. The van der Waals surface area contributed by atoms with Gasteiger partial charge in [-0.3, -0.25) is 14.9 Å². The molecule has 1 aliphatic carbocycles. The number of pyridine rings is 1. The summed E-state index contributed by atoms with van der Waals surface area (Å²) in [5, 5.41) is 11.0. The molecule has 0 saturated heterocycles. The molecule has 2 aromatic heterocycles.